The van der Waals surface area contributed by atoms with E-state index in [0.29, 0.717) is 30.7 Å². The van der Waals surface area contributed by atoms with Crippen LogP contribution in [-0.2, 0) is 23.9 Å². The number of likely N-dealkylation sites (N-methyl/N-ethyl adjacent to an activating group) is 2. The minimum atomic E-state index is -0.802. The summed E-state index contributed by atoms with van der Waals surface area (Å²) in [4.78, 5) is 71.7. The molecule has 2 heterocycles. The Bertz CT molecular complexity index is 1200. The highest BCUT2D eigenvalue weighted by molar-refractivity contribution is 7.09. The minimum Gasteiger partial charge on any atom is -0.481 e. The number of likely N-dealkylation sites (tertiary alicyclic amines) is 1. The molecule has 1 aliphatic heterocycles. The van der Waals surface area contributed by atoms with Crippen molar-refractivity contribution in [3.05, 3.63) is 16.1 Å². The molecule has 1 aromatic heterocycles. The summed E-state index contributed by atoms with van der Waals surface area (Å²) in [6.07, 6.45) is 4.46. The average molecular weight is 650 g/mol. The molecule has 1 saturated heterocycles. The van der Waals surface area contributed by atoms with Crippen LogP contribution < -0.4 is 10.6 Å². The number of nitrogens with one attached hydrogen (secondary N) is 2. The van der Waals surface area contributed by atoms with Gasteiger partial charge in [-0.05, 0) is 64.0 Å². The molecule has 1 aromatic rings. The van der Waals surface area contributed by atoms with Crippen molar-refractivity contribution in [3.63, 3.8) is 0 Å². The molecule has 13 heteroatoms. The second-order valence-electron chi connectivity index (χ2n) is 13.2. The number of carboxylic acids is 1. The molecule has 0 radical (unpaired) electrons. The van der Waals surface area contributed by atoms with Gasteiger partial charge in [-0.3, -0.25) is 28.9 Å². The lowest BCUT2D eigenvalue weighted by atomic mass is 9.86. The first-order valence-corrected chi connectivity index (χ1v) is 17.0. The number of hydrogen-bond donors (Lipinski definition) is 3. The molecule has 2 aliphatic rings. The van der Waals surface area contributed by atoms with E-state index in [2.05, 4.69) is 15.6 Å². The van der Waals surface area contributed by atoms with Crippen molar-refractivity contribution in [2.75, 3.05) is 20.6 Å². The van der Waals surface area contributed by atoms with Gasteiger partial charge >= 0.3 is 11.9 Å². The number of esters is 1. The summed E-state index contributed by atoms with van der Waals surface area (Å²) < 4.78 is 5.70. The number of rotatable bonds is 13. The molecule has 252 valence electrons. The van der Waals surface area contributed by atoms with Gasteiger partial charge in [0.15, 0.2) is 6.10 Å². The fourth-order valence-electron chi connectivity index (χ4n) is 6.33. The average Bonchev–Trinajstić information content (AvgIpc) is 3.48. The molecular formula is C32H51N5O7S. The fraction of sp³-hybridized carbons (Fsp3) is 0.750. The van der Waals surface area contributed by atoms with Crippen LogP contribution in [0.15, 0.2) is 5.38 Å². The van der Waals surface area contributed by atoms with Crippen LogP contribution in [0, 0.1) is 17.8 Å². The molecule has 0 bridgehead atoms. The van der Waals surface area contributed by atoms with Crippen LogP contribution >= 0.6 is 11.3 Å². The summed E-state index contributed by atoms with van der Waals surface area (Å²) in [6, 6.07) is -1.46. The highest BCUT2D eigenvalue weighted by Gasteiger charge is 2.37. The number of aromatic nitrogens is 1. The molecule has 0 spiro atoms. The summed E-state index contributed by atoms with van der Waals surface area (Å²) in [5.74, 6) is -2.56. The van der Waals surface area contributed by atoms with Crippen molar-refractivity contribution in [2.45, 2.75) is 116 Å². The van der Waals surface area contributed by atoms with E-state index in [0.717, 1.165) is 25.8 Å². The monoisotopic (exact) mass is 649 g/mol. The maximum Gasteiger partial charge on any atom is 0.306 e. The Morgan fingerprint density at radius 1 is 1.07 bits per heavy atom. The third kappa shape index (κ3) is 9.96. The molecule has 3 amide bonds. The number of aliphatic carboxylic acids is 1. The zero-order valence-electron chi connectivity index (χ0n) is 27.7. The quantitative estimate of drug-likeness (QED) is 0.272. The van der Waals surface area contributed by atoms with Crippen LogP contribution in [0.1, 0.15) is 108 Å². The van der Waals surface area contributed by atoms with E-state index in [1.165, 1.54) is 18.3 Å². The fourth-order valence-corrected chi connectivity index (χ4v) is 7.17. The normalized spacial score (nSPS) is 22.7. The zero-order valence-corrected chi connectivity index (χ0v) is 28.5. The largest absolute Gasteiger partial charge is 0.481 e. The number of carbonyl (C=O) groups excluding carboxylic acids is 4. The summed E-state index contributed by atoms with van der Waals surface area (Å²) in [5.41, 5.74) is 0.202. The van der Waals surface area contributed by atoms with Gasteiger partial charge in [-0.2, -0.15) is 0 Å². The molecule has 3 N–H and O–H groups in total. The van der Waals surface area contributed by atoms with E-state index in [9.17, 15) is 29.1 Å². The van der Waals surface area contributed by atoms with Crippen molar-refractivity contribution in [1.82, 2.24) is 25.4 Å². The first kappa shape index (κ1) is 36.4. The Morgan fingerprint density at radius 2 is 1.73 bits per heavy atom. The number of ether oxygens (including phenoxy) is 1. The lowest BCUT2D eigenvalue weighted by Crippen LogP contribution is -2.57. The Kier molecular flexibility index (Phi) is 13.3. The van der Waals surface area contributed by atoms with E-state index in [1.807, 2.05) is 39.6 Å². The molecule has 1 saturated carbocycles. The molecular weight excluding hydrogens is 598 g/mol. The van der Waals surface area contributed by atoms with Crippen LogP contribution in [0.2, 0.25) is 0 Å². The number of thiazole rings is 1. The van der Waals surface area contributed by atoms with E-state index in [-0.39, 0.29) is 65.7 Å². The van der Waals surface area contributed by atoms with Crippen LogP contribution in [0.4, 0.5) is 0 Å². The summed E-state index contributed by atoms with van der Waals surface area (Å²) >= 11 is 1.21. The van der Waals surface area contributed by atoms with Crippen molar-refractivity contribution in [2.24, 2.45) is 17.8 Å². The van der Waals surface area contributed by atoms with Gasteiger partial charge in [0.2, 0.25) is 11.8 Å². The van der Waals surface area contributed by atoms with Crippen LogP contribution in [0.5, 0.6) is 0 Å². The van der Waals surface area contributed by atoms with Crippen molar-refractivity contribution in [1.29, 1.82) is 0 Å². The Labute approximate surface area is 270 Å². The van der Waals surface area contributed by atoms with Crippen LogP contribution in [0.3, 0.4) is 0 Å². The zero-order chi connectivity index (χ0) is 33.4. The van der Waals surface area contributed by atoms with Crippen LogP contribution in [-0.4, -0.2) is 94.4 Å². The minimum absolute atomic E-state index is 0.0198. The van der Waals surface area contributed by atoms with E-state index in [1.54, 1.807) is 17.3 Å². The van der Waals surface area contributed by atoms with E-state index in [4.69, 9.17) is 4.74 Å². The first-order valence-electron chi connectivity index (χ1n) is 16.1. The van der Waals surface area contributed by atoms with Gasteiger partial charge in [-0.1, -0.05) is 34.1 Å². The molecule has 4 atom stereocenters. The predicted molar refractivity (Wildman–Crippen MR) is 171 cm³/mol. The van der Waals surface area contributed by atoms with Gasteiger partial charge < -0.3 is 25.4 Å². The van der Waals surface area contributed by atoms with E-state index >= 15 is 0 Å². The molecule has 0 aromatic carbocycles. The highest BCUT2D eigenvalue weighted by atomic mass is 32.1. The first-order chi connectivity index (χ1) is 21.2. The standard InChI is InChI=1S/C32H51N5O7S/c1-18(2)25(37(7)31(41)27(19(3)4)35-29(40)24-10-8-9-15-36(24)6)16-26(44-20(5)38)30-34-23(17-45-30)28(39)33-22-13-11-21(12-14-22)32(42)43/h17-19,21-22,24-27H,8-16H2,1-7H3,(H,33,39)(H,35,40)(H,42,43)/t21-,22-,24-,25-,26-,27+/m1/s1. The van der Waals surface area contributed by atoms with Crippen LogP contribution in [0.25, 0.3) is 0 Å². The number of amides is 3. The summed E-state index contributed by atoms with van der Waals surface area (Å²) in [5, 5.41) is 17.3. The highest BCUT2D eigenvalue weighted by Crippen LogP contribution is 2.31. The van der Waals surface area contributed by atoms with Gasteiger partial charge in [0.25, 0.3) is 5.91 Å². The molecule has 45 heavy (non-hydrogen) atoms. The van der Waals surface area contributed by atoms with Crippen molar-refractivity contribution >= 4 is 41.0 Å². The van der Waals surface area contributed by atoms with Gasteiger partial charge in [0.05, 0.1) is 12.0 Å². The number of hydrogen-bond acceptors (Lipinski definition) is 9. The van der Waals surface area contributed by atoms with Gasteiger partial charge in [-0.15, -0.1) is 11.3 Å². The molecule has 0 unspecified atom stereocenters. The van der Waals surface area contributed by atoms with Crippen molar-refractivity contribution in [3.8, 4) is 0 Å². The second kappa shape index (κ2) is 16.5. The van der Waals surface area contributed by atoms with Gasteiger partial charge in [-0.25, -0.2) is 4.98 Å². The summed E-state index contributed by atoms with van der Waals surface area (Å²) in [7, 11) is 3.65. The second-order valence-corrected chi connectivity index (χ2v) is 14.1. The Morgan fingerprint density at radius 3 is 2.29 bits per heavy atom. The lowest BCUT2D eigenvalue weighted by molar-refractivity contribution is -0.149. The predicted octanol–water partition coefficient (Wildman–Crippen LogP) is 3.62. The van der Waals surface area contributed by atoms with Crippen molar-refractivity contribution < 1.29 is 33.8 Å². The third-order valence-corrected chi connectivity index (χ3v) is 10.1. The van der Waals surface area contributed by atoms with Gasteiger partial charge in [0, 0.05) is 37.9 Å². The maximum absolute atomic E-state index is 13.9. The maximum atomic E-state index is 13.9. The third-order valence-electron chi connectivity index (χ3n) is 9.12. The number of nitrogens with zero attached hydrogens (tertiary/aromatic N) is 3. The number of carbonyl (C=O) groups is 5. The number of carboxylic acid groups (broad SMARTS) is 1. The Hall–Kier alpha value is -3.06. The summed E-state index contributed by atoms with van der Waals surface area (Å²) in [6.45, 7) is 9.95. The molecule has 1 aliphatic carbocycles. The van der Waals surface area contributed by atoms with E-state index < -0.39 is 24.1 Å². The van der Waals surface area contributed by atoms with Gasteiger partial charge in [0.1, 0.15) is 16.7 Å². The molecule has 3 rings (SSSR count). The smallest absolute Gasteiger partial charge is 0.306 e. The SMILES string of the molecule is CC(=O)O[C@H](C[C@H](C(C)C)N(C)C(=O)[C@@H](NC(=O)[C@H]1CCCCN1C)C(C)C)c1nc(C(=O)N[C@H]2CC[C@H](C(=O)O)CC2)cs1. The topological polar surface area (TPSA) is 158 Å². The number of piperidine rings is 1. The molecule has 12 nitrogen and oxygen atoms in total. The Balaban J connectivity index is 1.72. The lowest BCUT2D eigenvalue weighted by Gasteiger charge is -2.37. The molecule has 2 fully saturated rings.